The number of nitrogens with zero attached hydrogens (tertiary/aromatic N) is 2. The molecule has 0 fully saturated rings. The standard InChI is InChI=1S/C18H19N3O2S/c1-11-8-15(12(2)23-11)16-10-24-18(19-16)20-17(22)13-6-5-7-14(9-13)21(3)4/h5-10H,1-4H3,(H,19,20,22). The van der Waals surface area contributed by atoms with E-state index in [2.05, 4.69) is 10.3 Å². The first-order chi connectivity index (χ1) is 11.4. The van der Waals surface area contributed by atoms with Gasteiger partial charge in [-0.15, -0.1) is 11.3 Å². The average Bonchev–Trinajstić information content (AvgIpc) is 3.13. The van der Waals surface area contributed by atoms with Crippen molar-refractivity contribution in [1.29, 1.82) is 0 Å². The Bertz CT molecular complexity index is 880. The summed E-state index contributed by atoms with van der Waals surface area (Å²) < 4.78 is 5.54. The summed E-state index contributed by atoms with van der Waals surface area (Å²) >= 11 is 1.40. The van der Waals surface area contributed by atoms with E-state index in [0.29, 0.717) is 10.7 Å². The molecule has 124 valence electrons. The number of nitrogens with one attached hydrogen (secondary N) is 1. The van der Waals surface area contributed by atoms with Crippen molar-refractivity contribution in [3.63, 3.8) is 0 Å². The zero-order chi connectivity index (χ0) is 17.3. The molecule has 1 N–H and O–H groups in total. The lowest BCUT2D eigenvalue weighted by molar-refractivity contribution is 0.102. The molecule has 2 aromatic heterocycles. The summed E-state index contributed by atoms with van der Waals surface area (Å²) in [5.41, 5.74) is 3.35. The fourth-order valence-corrected chi connectivity index (χ4v) is 3.14. The fraction of sp³-hybridized carbons (Fsp3) is 0.222. The molecule has 0 bridgehead atoms. The Kier molecular flexibility index (Phi) is 4.40. The first kappa shape index (κ1) is 16.3. The van der Waals surface area contributed by atoms with Gasteiger partial charge in [-0.25, -0.2) is 4.98 Å². The number of benzene rings is 1. The number of aryl methyl sites for hydroxylation is 2. The Balaban J connectivity index is 1.78. The predicted octanol–water partition coefficient (Wildman–Crippen LogP) is 4.34. The molecule has 0 aliphatic carbocycles. The number of carbonyl (C=O) groups excluding carboxylic acids is 1. The molecule has 0 radical (unpaired) electrons. The summed E-state index contributed by atoms with van der Waals surface area (Å²) in [5, 5.41) is 5.35. The van der Waals surface area contributed by atoms with Crippen LogP contribution in [0.4, 0.5) is 10.8 Å². The van der Waals surface area contributed by atoms with Crippen LogP contribution in [0.1, 0.15) is 21.9 Å². The minimum Gasteiger partial charge on any atom is -0.466 e. The van der Waals surface area contributed by atoms with E-state index in [1.54, 1.807) is 6.07 Å². The average molecular weight is 341 g/mol. The highest BCUT2D eigenvalue weighted by Gasteiger charge is 2.14. The van der Waals surface area contributed by atoms with Crippen LogP contribution < -0.4 is 10.2 Å². The summed E-state index contributed by atoms with van der Waals surface area (Å²) in [6.45, 7) is 3.82. The van der Waals surface area contributed by atoms with E-state index in [1.165, 1.54) is 11.3 Å². The molecule has 6 heteroatoms. The Morgan fingerprint density at radius 1 is 1.25 bits per heavy atom. The van der Waals surface area contributed by atoms with E-state index in [-0.39, 0.29) is 5.91 Å². The highest BCUT2D eigenvalue weighted by Crippen LogP contribution is 2.29. The van der Waals surface area contributed by atoms with Gasteiger partial charge in [0.25, 0.3) is 5.91 Å². The number of hydrogen-bond acceptors (Lipinski definition) is 5. The molecule has 0 aliphatic rings. The van der Waals surface area contributed by atoms with Crippen LogP contribution in [0.3, 0.4) is 0 Å². The number of rotatable bonds is 4. The van der Waals surface area contributed by atoms with Crippen molar-refractivity contribution in [2.45, 2.75) is 13.8 Å². The Labute approximate surface area is 144 Å². The van der Waals surface area contributed by atoms with Crippen molar-refractivity contribution in [2.75, 3.05) is 24.3 Å². The lowest BCUT2D eigenvalue weighted by atomic mass is 10.2. The van der Waals surface area contributed by atoms with Gasteiger partial charge < -0.3 is 9.32 Å². The number of aromatic nitrogens is 1. The van der Waals surface area contributed by atoms with Gasteiger partial charge >= 0.3 is 0 Å². The van der Waals surface area contributed by atoms with Gasteiger partial charge in [-0.2, -0.15) is 0 Å². The summed E-state index contributed by atoms with van der Waals surface area (Å²) in [4.78, 5) is 18.9. The normalized spacial score (nSPS) is 10.7. The molecule has 0 saturated heterocycles. The number of anilines is 2. The summed E-state index contributed by atoms with van der Waals surface area (Å²) in [6.07, 6.45) is 0. The topological polar surface area (TPSA) is 58.4 Å². The van der Waals surface area contributed by atoms with Crippen molar-refractivity contribution in [2.24, 2.45) is 0 Å². The first-order valence-corrected chi connectivity index (χ1v) is 8.43. The Hall–Kier alpha value is -2.60. The minimum absolute atomic E-state index is 0.167. The van der Waals surface area contributed by atoms with Gasteiger partial charge in [0.15, 0.2) is 5.13 Å². The quantitative estimate of drug-likeness (QED) is 0.767. The number of hydrogen-bond donors (Lipinski definition) is 1. The lowest BCUT2D eigenvalue weighted by Crippen LogP contribution is -2.14. The van der Waals surface area contributed by atoms with Crippen LogP contribution in [0.5, 0.6) is 0 Å². The van der Waals surface area contributed by atoms with E-state index in [0.717, 1.165) is 28.5 Å². The maximum Gasteiger partial charge on any atom is 0.257 e. The Morgan fingerprint density at radius 2 is 2.04 bits per heavy atom. The number of thiazole rings is 1. The first-order valence-electron chi connectivity index (χ1n) is 7.55. The third-order valence-electron chi connectivity index (χ3n) is 3.67. The zero-order valence-electron chi connectivity index (χ0n) is 14.1. The smallest absolute Gasteiger partial charge is 0.257 e. The SMILES string of the molecule is Cc1cc(-c2csc(NC(=O)c3cccc(N(C)C)c3)n2)c(C)o1. The lowest BCUT2D eigenvalue weighted by Gasteiger charge is -2.13. The molecule has 0 unspecified atom stereocenters. The molecule has 24 heavy (non-hydrogen) atoms. The molecule has 5 nitrogen and oxygen atoms in total. The molecule has 0 aliphatic heterocycles. The molecule has 0 saturated carbocycles. The van der Waals surface area contributed by atoms with Crippen molar-refractivity contribution < 1.29 is 9.21 Å². The fourth-order valence-electron chi connectivity index (χ4n) is 2.43. The second-order valence-electron chi connectivity index (χ2n) is 5.76. The van der Waals surface area contributed by atoms with Crippen molar-refractivity contribution in [1.82, 2.24) is 4.98 Å². The van der Waals surface area contributed by atoms with E-state index in [1.807, 2.05) is 62.5 Å². The van der Waals surface area contributed by atoms with Crippen molar-refractivity contribution in [3.8, 4) is 11.3 Å². The number of carbonyl (C=O) groups is 1. The highest BCUT2D eigenvalue weighted by molar-refractivity contribution is 7.14. The van der Waals surface area contributed by atoms with Crippen LogP contribution in [0.15, 0.2) is 40.1 Å². The maximum atomic E-state index is 12.4. The van der Waals surface area contributed by atoms with Gasteiger partial charge in [-0.05, 0) is 38.1 Å². The number of amides is 1. The van der Waals surface area contributed by atoms with Gasteiger partial charge in [0.05, 0.1) is 5.69 Å². The summed E-state index contributed by atoms with van der Waals surface area (Å²) in [5.74, 6) is 1.51. The molecule has 0 spiro atoms. The van der Waals surface area contributed by atoms with Crippen LogP contribution in [0.25, 0.3) is 11.3 Å². The summed E-state index contributed by atoms with van der Waals surface area (Å²) in [7, 11) is 3.89. The van der Waals surface area contributed by atoms with Gasteiger partial charge in [0.1, 0.15) is 11.5 Å². The largest absolute Gasteiger partial charge is 0.466 e. The molecule has 2 heterocycles. The van der Waals surface area contributed by atoms with E-state index in [4.69, 9.17) is 4.42 Å². The molecular formula is C18H19N3O2S. The molecular weight excluding hydrogens is 322 g/mol. The van der Waals surface area contributed by atoms with Crippen molar-refractivity contribution >= 4 is 28.1 Å². The second-order valence-corrected chi connectivity index (χ2v) is 6.62. The summed E-state index contributed by atoms with van der Waals surface area (Å²) in [6, 6.07) is 9.43. The van der Waals surface area contributed by atoms with Gasteiger partial charge in [0, 0.05) is 36.3 Å². The molecule has 1 aromatic carbocycles. The van der Waals surface area contributed by atoms with Crippen LogP contribution >= 0.6 is 11.3 Å². The van der Waals surface area contributed by atoms with Gasteiger partial charge in [-0.1, -0.05) is 6.07 Å². The van der Waals surface area contributed by atoms with E-state index >= 15 is 0 Å². The Morgan fingerprint density at radius 3 is 2.71 bits per heavy atom. The highest BCUT2D eigenvalue weighted by atomic mass is 32.1. The second kappa shape index (κ2) is 6.49. The van der Waals surface area contributed by atoms with Gasteiger partial charge in [-0.3, -0.25) is 10.1 Å². The maximum absolute atomic E-state index is 12.4. The molecule has 1 amide bonds. The molecule has 3 rings (SSSR count). The third kappa shape index (κ3) is 3.33. The van der Waals surface area contributed by atoms with Crippen LogP contribution in [-0.4, -0.2) is 25.0 Å². The van der Waals surface area contributed by atoms with Crippen LogP contribution in [-0.2, 0) is 0 Å². The minimum atomic E-state index is -0.167. The molecule has 0 atom stereocenters. The van der Waals surface area contributed by atoms with Crippen molar-refractivity contribution in [3.05, 3.63) is 52.8 Å². The number of furan rings is 1. The zero-order valence-corrected chi connectivity index (χ0v) is 14.9. The van der Waals surface area contributed by atoms with E-state index in [9.17, 15) is 4.79 Å². The van der Waals surface area contributed by atoms with Crippen LogP contribution in [0.2, 0.25) is 0 Å². The van der Waals surface area contributed by atoms with E-state index < -0.39 is 0 Å². The molecule has 3 aromatic rings. The monoisotopic (exact) mass is 341 g/mol. The van der Waals surface area contributed by atoms with Gasteiger partial charge in [0.2, 0.25) is 0 Å². The van der Waals surface area contributed by atoms with Crippen LogP contribution in [0, 0.1) is 13.8 Å². The predicted molar refractivity (Wildman–Crippen MR) is 98.0 cm³/mol. The third-order valence-corrected chi connectivity index (χ3v) is 4.42.